The smallest absolute Gasteiger partial charge is 0.163 e. The van der Waals surface area contributed by atoms with Crippen LogP contribution in [-0.4, -0.2) is 55.7 Å². The second-order valence-electron chi connectivity index (χ2n) is 14.3. The molecular weight excluding hydrogens is 526 g/mol. The summed E-state index contributed by atoms with van der Waals surface area (Å²) in [6.07, 6.45) is 3.28. The minimum Gasteiger partial charge on any atom is -0.386 e. The number of ether oxygens (including phenoxy) is 2. The molecule has 10 heteroatoms. The highest BCUT2D eigenvalue weighted by Crippen LogP contribution is 2.60. The van der Waals surface area contributed by atoms with Crippen LogP contribution in [0.5, 0.6) is 0 Å². The van der Waals surface area contributed by atoms with Gasteiger partial charge in [0, 0.05) is 53.7 Å². The quantitative estimate of drug-likeness (QED) is 0.191. The van der Waals surface area contributed by atoms with Crippen molar-refractivity contribution < 1.29 is 13.9 Å². The largest absolute Gasteiger partial charge is 0.386 e. The Bertz CT molecular complexity index is 1360. The third-order valence-corrected chi connectivity index (χ3v) is 11.9. The van der Waals surface area contributed by atoms with Crippen LogP contribution in [0.2, 0.25) is 51.4 Å². The minimum absolute atomic E-state index is 0.307. The average molecular weight is 572 g/mol. The average Bonchev–Trinajstić information content (AvgIpc) is 3.21. The maximum absolute atomic E-state index is 14.8. The van der Waals surface area contributed by atoms with Gasteiger partial charge >= 0.3 is 0 Å². The van der Waals surface area contributed by atoms with Gasteiger partial charge in [-0.1, -0.05) is 46.2 Å². The lowest BCUT2D eigenvalue weighted by atomic mass is 9.87. The zero-order valence-corrected chi connectivity index (χ0v) is 27.1. The van der Waals surface area contributed by atoms with Crippen molar-refractivity contribution in [2.75, 3.05) is 25.6 Å². The van der Waals surface area contributed by atoms with Crippen molar-refractivity contribution in [3.63, 3.8) is 0 Å². The van der Waals surface area contributed by atoms with Gasteiger partial charge in [0.2, 0.25) is 0 Å². The predicted molar refractivity (Wildman–Crippen MR) is 162 cm³/mol. The number of benzene rings is 1. The molecule has 3 aromatic rings. The molecule has 7 nitrogen and oxygen atoms in total. The van der Waals surface area contributed by atoms with Gasteiger partial charge in [0.1, 0.15) is 25.0 Å². The Kier molecular flexibility index (Phi) is 7.62. The number of halogens is 1. The van der Waals surface area contributed by atoms with Gasteiger partial charge in [-0.3, -0.25) is 4.57 Å². The van der Waals surface area contributed by atoms with Crippen molar-refractivity contribution in [3.8, 4) is 11.5 Å². The van der Waals surface area contributed by atoms with Gasteiger partial charge in [-0.15, -0.1) is 0 Å². The Labute approximate surface area is 234 Å². The number of rotatable bonds is 12. The van der Waals surface area contributed by atoms with E-state index < -0.39 is 16.1 Å². The lowest BCUT2D eigenvalue weighted by Crippen LogP contribution is -2.23. The molecule has 5 rings (SSSR count). The van der Waals surface area contributed by atoms with E-state index in [1.54, 1.807) is 7.05 Å². The highest BCUT2D eigenvalue weighted by Gasteiger charge is 2.54. The Morgan fingerprint density at radius 1 is 1.05 bits per heavy atom. The molecule has 2 aliphatic rings. The summed E-state index contributed by atoms with van der Waals surface area (Å²) in [5.74, 6) is 1.14. The third-order valence-electron chi connectivity index (χ3n) is 8.47. The van der Waals surface area contributed by atoms with Crippen molar-refractivity contribution in [3.05, 3.63) is 29.2 Å². The Morgan fingerprint density at radius 3 is 2.36 bits per heavy atom. The van der Waals surface area contributed by atoms with Gasteiger partial charge in [-0.05, 0) is 48.7 Å². The number of anilines is 1. The maximum Gasteiger partial charge on any atom is 0.163 e. The number of imidazole rings is 1. The first kappa shape index (κ1) is 28.5. The molecule has 0 saturated heterocycles. The van der Waals surface area contributed by atoms with E-state index in [9.17, 15) is 4.39 Å². The molecule has 1 fully saturated rings. The summed E-state index contributed by atoms with van der Waals surface area (Å²) in [4.78, 5) is 4.97. The molecule has 214 valence electrons. The van der Waals surface area contributed by atoms with E-state index in [1.165, 1.54) is 23.7 Å². The fraction of sp³-hybridized carbons (Fsp3) is 0.655. The molecule has 2 atom stereocenters. The Morgan fingerprint density at radius 2 is 1.72 bits per heavy atom. The molecule has 0 aliphatic heterocycles. The standard InChI is InChI=1S/C29H46FN5O2Si2/c1-29-16-20(29)13-21-26(17-29)35(19-37-10-12-39(6,7)8)33-27(21)28-32-24-14-22(30)23(31-2)15-25(24)34(28)18-36-9-11-38(3,4)5/h14-15,20,31H,9-13,16-19H2,1-8H3/t20-,29-/m1/s1. The SMILES string of the molecule is CNc1cc2c(cc1F)nc(-c1nn(COCC[Si](C)(C)C)c3c1C[C@@H]1C[C@]1(C)C3)n2COCC[Si](C)(C)C. The van der Waals surface area contributed by atoms with Crippen LogP contribution in [0.25, 0.3) is 22.6 Å². The molecule has 0 amide bonds. The van der Waals surface area contributed by atoms with Crippen LogP contribution >= 0.6 is 0 Å². The Balaban J connectivity index is 1.52. The Hall–Kier alpha value is -2.02. The summed E-state index contributed by atoms with van der Waals surface area (Å²) in [5.41, 5.74) is 5.73. The van der Waals surface area contributed by atoms with Crippen LogP contribution in [-0.2, 0) is 35.8 Å². The van der Waals surface area contributed by atoms with Gasteiger partial charge in [0.05, 0.1) is 16.7 Å². The van der Waals surface area contributed by atoms with Crippen LogP contribution in [0.3, 0.4) is 0 Å². The van der Waals surface area contributed by atoms with Crippen molar-refractivity contribution in [1.82, 2.24) is 19.3 Å². The topological polar surface area (TPSA) is 66.1 Å². The van der Waals surface area contributed by atoms with E-state index in [2.05, 4.69) is 60.8 Å². The zero-order chi connectivity index (χ0) is 28.2. The summed E-state index contributed by atoms with van der Waals surface area (Å²) in [7, 11) is -0.655. The zero-order valence-electron chi connectivity index (χ0n) is 25.1. The normalized spacial score (nSPS) is 20.8. The second kappa shape index (κ2) is 10.4. The van der Waals surface area contributed by atoms with Gasteiger partial charge in [0.15, 0.2) is 5.82 Å². The summed E-state index contributed by atoms with van der Waals surface area (Å²) in [5, 5.41) is 8.11. The van der Waals surface area contributed by atoms with E-state index >= 15 is 0 Å². The minimum atomic E-state index is -1.22. The summed E-state index contributed by atoms with van der Waals surface area (Å²) < 4.78 is 31.3. The first-order valence-corrected chi connectivity index (χ1v) is 21.8. The van der Waals surface area contributed by atoms with Crippen LogP contribution in [0.15, 0.2) is 12.1 Å². The lowest BCUT2D eigenvalue weighted by Gasteiger charge is -2.20. The van der Waals surface area contributed by atoms with E-state index in [0.29, 0.717) is 42.6 Å². The molecule has 2 heterocycles. The predicted octanol–water partition coefficient (Wildman–Crippen LogP) is 6.83. The molecule has 0 radical (unpaired) electrons. The molecule has 0 bridgehead atoms. The molecule has 0 unspecified atom stereocenters. The van der Waals surface area contributed by atoms with Crippen molar-refractivity contribution >= 4 is 32.9 Å². The number of hydrogen-bond donors (Lipinski definition) is 1. The first-order chi connectivity index (χ1) is 18.3. The molecule has 2 aliphatic carbocycles. The molecule has 1 aromatic carbocycles. The molecule has 39 heavy (non-hydrogen) atoms. The monoisotopic (exact) mass is 571 g/mol. The van der Waals surface area contributed by atoms with Crippen LogP contribution in [0.1, 0.15) is 24.6 Å². The van der Waals surface area contributed by atoms with E-state index in [4.69, 9.17) is 19.6 Å². The summed E-state index contributed by atoms with van der Waals surface area (Å²) in [6, 6.07) is 5.57. The van der Waals surface area contributed by atoms with Crippen molar-refractivity contribution in [2.24, 2.45) is 11.3 Å². The highest BCUT2D eigenvalue weighted by molar-refractivity contribution is 6.76. The number of hydrogen-bond acceptors (Lipinski definition) is 5. The van der Waals surface area contributed by atoms with Crippen LogP contribution < -0.4 is 5.32 Å². The molecular formula is C29H46FN5O2Si2. The fourth-order valence-electron chi connectivity index (χ4n) is 5.61. The number of nitrogens with zero attached hydrogens (tertiary/aromatic N) is 4. The van der Waals surface area contributed by atoms with E-state index in [1.807, 2.05) is 6.07 Å². The van der Waals surface area contributed by atoms with E-state index in [-0.39, 0.29) is 5.82 Å². The number of nitrogens with one attached hydrogen (secondary N) is 1. The van der Waals surface area contributed by atoms with Crippen LogP contribution in [0, 0.1) is 17.2 Å². The van der Waals surface area contributed by atoms with E-state index in [0.717, 1.165) is 48.6 Å². The number of aromatic nitrogens is 4. The summed E-state index contributed by atoms with van der Waals surface area (Å²) >= 11 is 0. The summed E-state index contributed by atoms with van der Waals surface area (Å²) in [6.45, 7) is 18.9. The van der Waals surface area contributed by atoms with Gasteiger partial charge < -0.3 is 14.8 Å². The molecule has 2 aromatic heterocycles. The first-order valence-electron chi connectivity index (χ1n) is 14.4. The molecule has 1 saturated carbocycles. The third kappa shape index (κ3) is 6.18. The maximum atomic E-state index is 14.8. The fourth-order valence-corrected chi connectivity index (χ4v) is 7.13. The molecule has 0 spiro atoms. The van der Waals surface area contributed by atoms with Gasteiger partial charge in [-0.25, -0.2) is 14.1 Å². The highest BCUT2D eigenvalue weighted by atomic mass is 28.3. The second-order valence-corrected chi connectivity index (χ2v) is 25.6. The van der Waals surface area contributed by atoms with Crippen molar-refractivity contribution in [1.29, 1.82) is 0 Å². The number of fused-ring (bicyclic) bond motifs is 3. The lowest BCUT2D eigenvalue weighted by molar-refractivity contribution is 0.0756. The molecule has 1 N–H and O–H groups in total. The van der Waals surface area contributed by atoms with Gasteiger partial charge in [-0.2, -0.15) is 5.10 Å². The van der Waals surface area contributed by atoms with Crippen LogP contribution in [0.4, 0.5) is 10.1 Å². The van der Waals surface area contributed by atoms with Gasteiger partial charge in [0.25, 0.3) is 0 Å². The van der Waals surface area contributed by atoms with Crippen molar-refractivity contribution in [2.45, 2.75) is 91.0 Å².